The molecule has 2 N–H and O–H groups in total. The predicted molar refractivity (Wildman–Crippen MR) is 73.0 cm³/mol. The molecule has 3 heteroatoms. The third-order valence-corrected chi connectivity index (χ3v) is 4.38. The molecule has 2 fully saturated rings. The Hall–Kier alpha value is -0.730. The fourth-order valence-electron chi connectivity index (χ4n) is 2.98. The van der Waals surface area contributed by atoms with Crippen LogP contribution in [0.15, 0.2) is 4.99 Å². The summed E-state index contributed by atoms with van der Waals surface area (Å²) in [5.74, 6) is 1.54. The molecule has 17 heavy (non-hydrogen) atoms. The van der Waals surface area contributed by atoms with Gasteiger partial charge in [-0.3, -0.25) is 0 Å². The normalized spacial score (nSPS) is 28.1. The number of likely N-dealkylation sites (tertiary alicyclic amines) is 1. The second-order valence-electron chi connectivity index (χ2n) is 6.72. The first-order chi connectivity index (χ1) is 7.97. The molecule has 1 saturated heterocycles. The summed E-state index contributed by atoms with van der Waals surface area (Å²) >= 11 is 0. The maximum atomic E-state index is 6.14. The summed E-state index contributed by atoms with van der Waals surface area (Å²) < 4.78 is 0. The number of nitrogens with two attached hydrogens (primary N) is 1. The van der Waals surface area contributed by atoms with Crippen molar-refractivity contribution < 1.29 is 0 Å². The zero-order chi connectivity index (χ0) is 12.5. The van der Waals surface area contributed by atoms with Gasteiger partial charge in [0.2, 0.25) is 0 Å². The Labute approximate surface area is 105 Å². The molecule has 0 bridgehead atoms. The zero-order valence-corrected chi connectivity index (χ0v) is 11.6. The van der Waals surface area contributed by atoms with Gasteiger partial charge < -0.3 is 10.6 Å². The SMILES string of the molecule is CC(C)(C)C1CCN(C(N)=NC2CCCC2)C1. The van der Waals surface area contributed by atoms with Crippen molar-refractivity contribution in [1.82, 2.24) is 4.90 Å². The Morgan fingerprint density at radius 2 is 1.82 bits per heavy atom. The van der Waals surface area contributed by atoms with Crippen LogP contribution in [0.3, 0.4) is 0 Å². The minimum atomic E-state index is 0.391. The molecule has 98 valence electrons. The van der Waals surface area contributed by atoms with Crippen molar-refractivity contribution in [1.29, 1.82) is 0 Å². The monoisotopic (exact) mass is 237 g/mol. The van der Waals surface area contributed by atoms with Gasteiger partial charge in [-0.25, -0.2) is 4.99 Å². The van der Waals surface area contributed by atoms with Crippen LogP contribution in [0.2, 0.25) is 0 Å². The minimum Gasteiger partial charge on any atom is -0.370 e. The van der Waals surface area contributed by atoms with Gasteiger partial charge >= 0.3 is 0 Å². The molecule has 2 aliphatic rings. The standard InChI is InChI=1S/C14H27N3/c1-14(2,3)11-8-9-17(10-11)13(15)16-12-6-4-5-7-12/h11-12H,4-10H2,1-3H3,(H2,15,16). The van der Waals surface area contributed by atoms with Crippen LogP contribution < -0.4 is 5.73 Å². The van der Waals surface area contributed by atoms with Gasteiger partial charge in [0.15, 0.2) is 5.96 Å². The molecule has 1 heterocycles. The van der Waals surface area contributed by atoms with E-state index in [0.29, 0.717) is 11.5 Å². The van der Waals surface area contributed by atoms with Gasteiger partial charge in [-0.05, 0) is 30.6 Å². The average molecular weight is 237 g/mol. The van der Waals surface area contributed by atoms with Crippen LogP contribution in [-0.2, 0) is 0 Å². The molecule has 0 spiro atoms. The van der Waals surface area contributed by atoms with Gasteiger partial charge in [-0.2, -0.15) is 0 Å². The predicted octanol–water partition coefficient (Wildman–Crippen LogP) is 2.61. The van der Waals surface area contributed by atoms with Crippen molar-refractivity contribution in [3.8, 4) is 0 Å². The molecule has 0 amide bonds. The van der Waals surface area contributed by atoms with Gasteiger partial charge in [0.05, 0.1) is 6.04 Å². The first-order valence-corrected chi connectivity index (χ1v) is 7.05. The fraction of sp³-hybridized carbons (Fsp3) is 0.929. The highest BCUT2D eigenvalue weighted by Gasteiger charge is 2.32. The Balaban J connectivity index is 1.91. The topological polar surface area (TPSA) is 41.6 Å². The number of hydrogen-bond acceptors (Lipinski definition) is 1. The first-order valence-electron chi connectivity index (χ1n) is 7.05. The van der Waals surface area contributed by atoms with E-state index in [9.17, 15) is 0 Å². The van der Waals surface area contributed by atoms with E-state index in [0.717, 1.165) is 25.0 Å². The second-order valence-corrected chi connectivity index (χ2v) is 6.72. The lowest BCUT2D eigenvalue weighted by Gasteiger charge is -2.27. The van der Waals surface area contributed by atoms with Crippen molar-refractivity contribution in [2.45, 2.75) is 58.9 Å². The molecule has 1 unspecified atom stereocenters. The van der Waals surface area contributed by atoms with Crippen molar-refractivity contribution >= 4 is 5.96 Å². The van der Waals surface area contributed by atoms with Gasteiger partial charge in [-0.15, -0.1) is 0 Å². The number of hydrogen-bond donors (Lipinski definition) is 1. The maximum absolute atomic E-state index is 6.14. The summed E-state index contributed by atoms with van der Waals surface area (Å²) in [6, 6.07) is 0.503. The quantitative estimate of drug-likeness (QED) is 0.562. The maximum Gasteiger partial charge on any atom is 0.191 e. The van der Waals surface area contributed by atoms with E-state index in [1.54, 1.807) is 0 Å². The summed E-state index contributed by atoms with van der Waals surface area (Å²) in [6.07, 6.45) is 6.37. The zero-order valence-electron chi connectivity index (χ0n) is 11.6. The minimum absolute atomic E-state index is 0.391. The molecule has 0 aromatic heterocycles. The smallest absolute Gasteiger partial charge is 0.191 e. The first kappa shape index (κ1) is 12.7. The van der Waals surface area contributed by atoms with Crippen molar-refractivity contribution in [2.75, 3.05) is 13.1 Å². The summed E-state index contributed by atoms with van der Waals surface area (Å²) in [5, 5.41) is 0. The van der Waals surface area contributed by atoms with Gasteiger partial charge in [0, 0.05) is 13.1 Å². The van der Waals surface area contributed by atoms with Crippen molar-refractivity contribution in [3.05, 3.63) is 0 Å². The van der Waals surface area contributed by atoms with E-state index < -0.39 is 0 Å². The highest BCUT2D eigenvalue weighted by atomic mass is 15.3. The summed E-state index contributed by atoms with van der Waals surface area (Å²) in [7, 11) is 0. The molecule has 2 rings (SSSR count). The highest BCUT2D eigenvalue weighted by Crippen LogP contribution is 2.33. The van der Waals surface area contributed by atoms with Crippen LogP contribution in [0.1, 0.15) is 52.9 Å². The van der Waals surface area contributed by atoms with E-state index in [2.05, 4.69) is 25.7 Å². The second kappa shape index (κ2) is 4.87. The van der Waals surface area contributed by atoms with Crippen LogP contribution in [0, 0.1) is 11.3 Å². The average Bonchev–Trinajstić information content (AvgIpc) is 2.85. The van der Waals surface area contributed by atoms with Gasteiger partial charge in [0.25, 0.3) is 0 Å². The van der Waals surface area contributed by atoms with Crippen LogP contribution in [0.4, 0.5) is 0 Å². The number of aliphatic imine (C=N–C) groups is 1. The fourth-order valence-corrected chi connectivity index (χ4v) is 2.98. The lowest BCUT2D eigenvalue weighted by Crippen LogP contribution is -2.37. The molecular formula is C14H27N3. The lowest BCUT2D eigenvalue weighted by atomic mass is 9.80. The Morgan fingerprint density at radius 3 is 2.35 bits per heavy atom. The van der Waals surface area contributed by atoms with Crippen LogP contribution in [0.5, 0.6) is 0 Å². The summed E-state index contributed by atoms with van der Waals surface area (Å²) in [6.45, 7) is 9.15. The summed E-state index contributed by atoms with van der Waals surface area (Å²) in [4.78, 5) is 6.98. The van der Waals surface area contributed by atoms with Crippen molar-refractivity contribution in [2.24, 2.45) is 22.1 Å². The third kappa shape index (κ3) is 3.14. The van der Waals surface area contributed by atoms with E-state index in [4.69, 9.17) is 10.7 Å². The molecule has 1 saturated carbocycles. The van der Waals surface area contributed by atoms with Crippen LogP contribution >= 0.6 is 0 Å². The third-order valence-electron chi connectivity index (χ3n) is 4.38. The molecular weight excluding hydrogens is 210 g/mol. The molecule has 0 aromatic rings. The van der Waals surface area contributed by atoms with E-state index >= 15 is 0 Å². The lowest BCUT2D eigenvalue weighted by molar-refractivity contribution is 0.250. The number of rotatable bonds is 1. The van der Waals surface area contributed by atoms with E-state index in [-0.39, 0.29) is 0 Å². The van der Waals surface area contributed by atoms with E-state index in [1.807, 2.05) is 0 Å². The van der Waals surface area contributed by atoms with E-state index in [1.165, 1.54) is 32.1 Å². The van der Waals surface area contributed by atoms with Gasteiger partial charge in [0.1, 0.15) is 0 Å². The molecule has 0 aromatic carbocycles. The number of guanidine groups is 1. The molecule has 3 nitrogen and oxygen atoms in total. The molecule has 1 aliphatic carbocycles. The Kier molecular flexibility index (Phi) is 3.64. The molecule has 0 radical (unpaired) electrons. The summed E-state index contributed by atoms with van der Waals surface area (Å²) in [5.41, 5.74) is 6.53. The molecule has 1 aliphatic heterocycles. The largest absolute Gasteiger partial charge is 0.370 e. The highest BCUT2D eigenvalue weighted by molar-refractivity contribution is 5.78. The Morgan fingerprint density at radius 1 is 1.18 bits per heavy atom. The van der Waals surface area contributed by atoms with Crippen LogP contribution in [-0.4, -0.2) is 30.0 Å². The number of nitrogens with zero attached hydrogens (tertiary/aromatic N) is 2. The van der Waals surface area contributed by atoms with Crippen molar-refractivity contribution in [3.63, 3.8) is 0 Å². The van der Waals surface area contributed by atoms with Crippen LogP contribution in [0.25, 0.3) is 0 Å². The Bertz CT molecular complexity index is 284. The van der Waals surface area contributed by atoms with Gasteiger partial charge in [-0.1, -0.05) is 33.6 Å². The molecule has 1 atom stereocenters.